The fourth-order valence-corrected chi connectivity index (χ4v) is 1.77. The maximum Gasteiger partial charge on any atom is 0.239 e. The first-order chi connectivity index (χ1) is 9.62. The predicted octanol–water partition coefficient (Wildman–Crippen LogP) is 1.53. The number of rotatable bonds is 8. The molecule has 6 nitrogen and oxygen atoms in total. The van der Waals surface area contributed by atoms with Gasteiger partial charge in [-0.15, -0.1) is 0 Å². The van der Waals surface area contributed by atoms with Crippen molar-refractivity contribution >= 4 is 23.2 Å². The van der Waals surface area contributed by atoms with E-state index in [1.165, 1.54) is 14.2 Å². The summed E-state index contributed by atoms with van der Waals surface area (Å²) in [6.07, 6.45) is 0. The standard InChI is InChI=1S/C13H19ClN2O4/c1-18-5-4-15-13(17)8-16-10-6-9(14)11(19-2)7-12(10)20-3/h6-7,16H,4-5,8H2,1-3H3,(H,15,17). The quantitative estimate of drug-likeness (QED) is 0.713. The van der Waals surface area contributed by atoms with Crippen LogP contribution in [0, 0.1) is 0 Å². The molecule has 0 aliphatic carbocycles. The minimum absolute atomic E-state index is 0.114. The van der Waals surface area contributed by atoms with Gasteiger partial charge in [0.1, 0.15) is 11.5 Å². The van der Waals surface area contributed by atoms with E-state index >= 15 is 0 Å². The van der Waals surface area contributed by atoms with Crippen molar-refractivity contribution < 1.29 is 19.0 Å². The van der Waals surface area contributed by atoms with Crippen molar-refractivity contribution in [2.75, 3.05) is 46.3 Å². The van der Waals surface area contributed by atoms with Crippen LogP contribution >= 0.6 is 11.6 Å². The molecule has 1 aromatic rings. The number of carbonyl (C=O) groups is 1. The van der Waals surface area contributed by atoms with Crippen LogP contribution in [0.25, 0.3) is 0 Å². The Labute approximate surface area is 123 Å². The molecule has 0 spiro atoms. The topological polar surface area (TPSA) is 68.8 Å². The molecule has 2 N–H and O–H groups in total. The maximum absolute atomic E-state index is 11.6. The zero-order valence-corrected chi connectivity index (χ0v) is 12.5. The Morgan fingerprint density at radius 2 is 1.90 bits per heavy atom. The van der Waals surface area contributed by atoms with Crippen LogP contribution in [-0.4, -0.2) is 46.9 Å². The Kier molecular flexibility index (Phi) is 6.97. The van der Waals surface area contributed by atoms with Crippen LogP contribution in [0.2, 0.25) is 5.02 Å². The fraction of sp³-hybridized carbons (Fsp3) is 0.462. The molecule has 1 rings (SSSR count). The number of anilines is 1. The molecule has 7 heteroatoms. The number of nitrogens with one attached hydrogen (secondary N) is 2. The Hall–Kier alpha value is -1.66. The molecule has 0 saturated carbocycles. The van der Waals surface area contributed by atoms with Crippen molar-refractivity contribution in [2.45, 2.75) is 0 Å². The van der Waals surface area contributed by atoms with E-state index in [-0.39, 0.29) is 12.5 Å². The first-order valence-electron chi connectivity index (χ1n) is 6.03. The van der Waals surface area contributed by atoms with Gasteiger partial charge in [-0.05, 0) is 6.07 Å². The number of halogens is 1. The lowest BCUT2D eigenvalue weighted by atomic mass is 10.2. The Balaban J connectivity index is 2.63. The number of hydrogen-bond donors (Lipinski definition) is 2. The Morgan fingerprint density at radius 1 is 1.20 bits per heavy atom. The molecule has 0 saturated heterocycles. The third-order valence-corrected chi connectivity index (χ3v) is 2.84. The van der Waals surface area contributed by atoms with E-state index < -0.39 is 0 Å². The highest BCUT2D eigenvalue weighted by Gasteiger charge is 2.10. The normalized spacial score (nSPS) is 10.0. The van der Waals surface area contributed by atoms with Crippen molar-refractivity contribution in [1.82, 2.24) is 5.32 Å². The van der Waals surface area contributed by atoms with Gasteiger partial charge >= 0.3 is 0 Å². The van der Waals surface area contributed by atoms with E-state index in [0.717, 1.165) is 0 Å². The second-order valence-electron chi connectivity index (χ2n) is 3.88. The van der Waals surface area contributed by atoms with Gasteiger partial charge < -0.3 is 24.8 Å². The van der Waals surface area contributed by atoms with E-state index in [0.29, 0.717) is 35.4 Å². The number of benzene rings is 1. The van der Waals surface area contributed by atoms with Crippen LogP contribution in [0.4, 0.5) is 5.69 Å². The lowest BCUT2D eigenvalue weighted by molar-refractivity contribution is -0.119. The van der Waals surface area contributed by atoms with Crippen molar-refractivity contribution in [1.29, 1.82) is 0 Å². The molecule has 0 aliphatic heterocycles. The molecule has 0 bridgehead atoms. The summed E-state index contributed by atoms with van der Waals surface area (Å²) in [6.45, 7) is 1.06. The molecule has 0 radical (unpaired) electrons. The van der Waals surface area contributed by atoms with Gasteiger partial charge in [0.2, 0.25) is 5.91 Å². The molecule has 0 atom stereocenters. The predicted molar refractivity (Wildman–Crippen MR) is 77.9 cm³/mol. The fourth-order valence-electron chi connectivity index (χ4n) is 1.53. The van der Waals surface area contributed by atoms with Gasteiger partial charge in [-0.2, -0.15) is 0 Å². The van der Waals surface area contributed by atoms with Gasteiger partial charge in [-0.25, -0.2) is 0 Å². The first-order valence-corrected chi connectivity index (χ1v) is 6.41. The second-order valence-corrected chi connectivity index (χ2v) is 4.29. The van der Waals surface area contributed by atoms with Crippen LogP contribution in [-0.2, 0) is 9.53 Å². The molecule has 20 heavy (non-hydrogen) atoms. The van der Waals surface area contributed by atoms with Gasteiger partial charge in [-0.3, -0.25) is 4.79 Å². The molecule has 112 valence electrons. The van der Waals surface area contributed by atoms with Gasteiger partial charge in [0, 0.05) is 19.7 Å². The van der Waals surface area contributed by atoms with Gasteiger partial charge in [-0.1, -0.05) is 11.6 Å². The maximum atomic E-state index is 11.6. The minimum Gasteiger partial charge on any atom is -0.495 e. The van der Waals surface area contributed by atoms with Crippen LogP contribution in [0.15, 0.2) is 12.1 Å². The number of methoxy groups -OCH3 is 3. The van der Waals surface area contributed by atoms with Gasteiger partial charge in [0.25, 0.3) is 0 Å². The highest BCUT2D eigenvalue weighted by molar-refractivity contribution is 6.32. The summed E-state index contributed by atoms with van der Waals surface area (Å²) >= 11 is 6.04. The molecule has 0 heterocycles. The minimum atomic E-state index is -0.143. The SMILES string of the molecule is COCCNC(=O)CNc1cc(Cl)c(OC)cc1OC. The van der Waals surface area contributed by atoms with E-state index in [1.54, 1.807) is 19.2 Å². The molecule has 0 aromatic heterocycles. The van der Waals surface area contributed by atoms with E-state index in [1.807, 2.05) is 0 Å². The number of ether oxygens (including phenoxy) is 3. The molecule has 0 unspecified atom stereocenters. The molecule has 1 aromatic carbocycles. The zero-order valence-electron chi connectivity index (χ0n) is 11.8. The summed E-state index contributed by atoms with van der Waals surface area (Å²) in [6, 6.07) is 3.31. The van der Waals surface area contributed by atoms with Crippen molar-refractivity contribution in [3.63, 3.8) is 0 Å². The summed E-state index contributed by atoms with van der Waals surface area (Å²) in [5.74, 6) is 0.922. The average Bonchev–Trinajstić information content (AvgIpc) is 2.45. The summed E-state index contributed by atoms with van der Waals surface area (Å²) in [5, 5.41) is 6.11. The van der Waals surface area contributed by atoms with Crippen molar-refractivity contribution in [3.8, 4) is 11.5 Å². The molecular weight excluding hydrogens is 284 g/mol. The average molecular weight is 303 g/mol. The third-order valence-electron chi connectivity index (χ3n) is 2.54. The number of hydrogen-bond acceptors (Lipinski definition) is 5. The smallest absolute Gasteiger partial charge is 0.239 e. The molecule has 0 aliphatic rings. The summed E-state index contributed by atoms with van der Waals surface area (Å²) in [5.41, 5.74) is 0.625. The van der Waals surface area contributed by atoms with E-state index in [2.05, 4.69) is 10.6 Å². The van der Waals surface area contributed by atoms with Crippen LogP contribution < -0.4 is 20.1 Å². The highest BCUT2D eigenvalue weighted by atomic mass is 35.5. The first kappa shape index (κ1) is 16.4. The monoisotopic (exact) mass is 302 g/mol. The van der Waals surface area contributed by atoms with E-state index in [9.17, 15) is 4.79 Å². The summed E-state index contributed by atoms with van der Waals surface area (Å²) in [4.78, 5) is 11.6. The highest BCUT2D eigenvalue weighted by Crippen LogP contribution is 2.35. The number of amides is 1. The largest absolute Gasteiger partial charge is 0.495 e. The van der Waals surface area contributed by atoms with Crippen molar-refractivity contribution in [3.05, 3.63) is 17.2 Å². The Bertz CT molecular complexity index is 454. The summed E-state index contributed by atoms with van der Waals surface area (Å²) < 4.78 is 15.2. The Morgan fingerprint density at radius 3 is 2.50 bits per heavy atom. The number of carbonyl (C=O) groups excluding carboxylic acids is 1. The van der Waals surface area contributed by atoms with Crippen molar-refractivity contribution in [2.24, 2.45) is 0 Å². The van der Waals surface area contributed by atoms with Gasteiger partial charge in [0.05, 0.1) is 38.1 Å². The molecule has 0 fully saturated rings. The van der Waals surface area contributed by atoms with Gasteiger partial charge in [0.15, 0.2) is 0 Å². The van der Waals surface area contributed by atoms with Crippen LogP contribution in [0.1, 0.15) is 0 Å². The lowest BCUT2D eigenvalue weighted by Crippen LogP contribution is -2.32. The zero-order chi connectivity index (χ0) is 15.0. The lowest BCUT2D eigenvalue weighted by Gasteiger charge is -2.13. The molecular formula is C13H19ClN2O4. The molecule has 1 amide bonds. The summed E-state index contributed by atoms with van der Waals surface area (Å²) in [7, 11) is 4.64. The van der Waals surface area contributed by atoms with Crippen LogP contribution in [0.5, 0.6) is 11.5 Å². The third kappa shape index (κ3) is 4.79. The second kappa shape index (κ2) is 8.50. The van der Waals surface area contributed by atoms with Crippen LogP contribution in [0.3, 0.4) is 0 Å². The van der Waals surface area contributed by atoms with E-state index in [4.69, 9.17) is 25.8 Å².